The lowest BCUT2D eigenvalue weighted by molar-refractivity contribution is 0.328. The fourth-order valence-electron chi connectivity index (χ4n) is 2.17. The molecular formula is C13H26N2. The van der Waals surface area contributed by atoms with E-state index in [4.69, 9.17) is 11.0 Å². The fraction of sp³-hybridized carbons (Fsp3) is 0.923. The lowest BCUT2D eigenvalue weighted by Gasteiger charge is -2.21. The zero-order valence-corrected chi connectivity index (χ0v) is 10.3. The molecule has 0 saturated heterocycles. The van der Waals surface area contributed by atoms with Crippen LogP contribution in [-0.4, -0.2) is 6.04 Å². The van der Waals surface area contributed by atoms with Crippen molar-refractivity contribution >= 4 is 0 Å². The summed E-state index contributed by atoms with van der Waals surface area (Å²) < 4.78 is 0. The summed E-state index contributed by atoms with van der Waals surface area (Å²) in [4.78, 5) is 0. The summed E-state index contributed by atoms with van der Waals surface area (Å²) >= 11 is 0. The molecule has 2 heteroatoms. The Hall–Kier alpha value is -0.550. The second-order valence-corrected chi connectivity index (χ2v) is 4.17. The van der Waals surface area contributed by atoms with Gasteiger partial charge in [0.05, 0.1) is 12.1 Å². The van der Waals surface area contributed by atoms with Gasteiger partial charge in [0.2, 0.25) is 0 Å². The highest BCUT2D eigenvalue weighted by Crippen LogP contribution is 2.27. The Bertz CT molecular complexity index is 166. The van der Waals surface area contributed by atoms with Crippen molar-refractivity contribution in [3.8, 4) is 6.07 Å². The Morgan fingerprint density at radius 1 is 1.27 bits per heavy atom. The quantitative estimate of drug-likeness (QED) is 0.770. The van der Waals surface area contributed by atoms with Crippen LogP contribution in [0.3, 0.4) is 0 Å². The van der Waals surface area contributed by atoms with Gasteiger partial charge < -0.3 is 5.73 Å². The van der Waals surface area contributed by atoms with Crippen molar-refractivity contribution in [2.24, 2.45) is 11.7 Å². The molecule has 0 aromatic carbocycles. The van der Waals surface area contributed by atoms with Crippen molar-refractivity contribution in [2.75, 3.05) is 0 Å². The monoisotopic (exact) mass is 210 g/mol. The minimum Gasteiger partial charge on any atom is -0.316 e. The highest BCUT2D eigenvalue weighted by atomic mass is 14.6. The molecule has 1 unspecified atom stereocenters. The van der Waals surface area contributed by atoms with Crippen molar-refractivity contribution in [1.82, 2.24) is 0 Å². The van der Waals surface area contributed by atoms with Gasteiger partial charge in [0.1, 0.15) is 0 Å². The summed E-state index contributed by atoms with van der Waals surface area (Å²) in [5.41, 5.74) is 5.53. The zero-order valence-electron chi connectivity index (χ0n) is 10.3. The van der Waals surface area contributed by atoms with Crippen LogP contribution in [0, 0.1) is 17.2 Å². The Balaban J connectivity index is 0.000000921. The van der Waals surface area contributed by atoms with Crippen molar-refractivity contribution in [3.63, 3.8) is 0 Å². The first-order valence-corrected chi connectivity index (χ1v) is 6.48. The summed E-state index contributed by atoms with van der Waals surface area (Å²) in [6.45, 7) is 4.00. The molecular weight excluding hydrogens is 184 g/mol. The molecule has 88 valence electrons. The van der Waals surface area contributed by atoms with Gasteiger partial charge >= 0.3 is 0 Å². The third kappa shape index (κ3) is 7.39. The van der Waals surface area contributed by atoms with Crippen molar-refractivity contribution in [1.29, 1.82) is 5.26 Å². The van der Waals surface area contributed by atoms with Gasteiger partial charge in [-0.05, 0) is 12.3 Å². The standard InChI is InChI=1S/C11H20N2.C2H6/c12-9-11(13)8-4-7-10-5-2-1-3-6-10;1-2/h10-11H,1-8,13H2;1-2H3. The maximum atomic E-state index is 8.50. The molecule has 1 atom stereocenters. The molecule has 0 bridgehead atoms. The molecule has 15 heavy (non-hydrogen) atoms. The van der Waals surface area contributed by atoms with Crippen LogP contribution in [0.25, 0.3) is 0 Å². The van der Waals surface area contributed by atoms with Gasteiger partial charge in [-0.25, -0.2) is 0 Å². The SMILES string of the molecule is CC.N#CC(N)CCCC1CCCCC1. The molecule has 1 saturated carbocycles. The summed E-state index contributed by atoms with van der Waals surface area (Å²) in [7, 11) is 0. The van der Waals surface area contributed by atoms with E-state index < -0.39 is 0 Å². The Kier molecular flexibility index (Phi) is 9.62. The third-order valence-corrected chi connectivity index (χ3v) is 3.02. The van der Waals surface area contributed by atoms with E-state index in [-0.39, 0.29) is 6.04 Å². The highest BCUT2D eigenvalue weighted by Gasteiger charge is 2.13. The van der Waals surface area contributed by atoms with Gasteiger partial charge in [0, 0.05) is 0 Å². The minimum atomic E-state index is -0.233. The van der Waals surface area contributed by atoms with Crippen LogP contribution in [0.4, 0.5) is 0 Å². The molecule has 1 aliphatic carbocycles. The first-order valence-electron chi connectivity index (χ1n) is 6.48. The first-order chi connectivity index (χ1) is 7.33. The average Bonchev–Trinajstić information content (AvgIpc) is 2.33. The molecule has 1 aliphatic rings. The molecule has 0 amide bonds. The predicted octanol–water partition coefficient (Wildman–Crippen LogP) is 3.61. The van der Waals surface area contributed by atoms with Gasteiger partial charge in [-0.2, -0.15) is 5.26 Å². The van der Waals surface area contributed by atoms with Crippen LogP contribution < -0.4 is 5.73 Å². The number of hydrogen-bond donors (Lipinski definition) is 1. The number of nitrogens with two attached hydrogens (primary N) is 1. The fourth-order valence-corrected chi connectivity index (χ4v) is 2.17. The lowest BCUT2D eigenvalue weighted by atomic mass is 9.85. The average molecular weight is 210 g/mol. The molecule has 0 aromatic heterocycles. The van der Waals surface area contributed by atoms with E-state index in [2.05, 4.69) is 6.07 Å². The van der Waals surface area contributed by atoms with E-state index in [0.29, 0.717) is 0 Å². The van der Waals surface area contributed by atoms with Crippen LogP contribution in [0.5, 0.6) is 0 Å². The number of rotatable bonds is 4. The molecule has 0 aliphatic heterocycles. The highest BCUT2D eigenvalue weighted by molar-refractivity contribution is 4.86. The van der Waals surface area contributed by atoms with Crippen molar-refractivity contribution in [3.05, 3.63) is 0 Å². The first kappa shape index (κ1) is 14.5. The van der Waals surface area contributed by atoms with Gasteiger partial charge in [0.25, 0.3) is 0 Å². The van der Waals surface area contributed by atoms with Crippen LogP contribution in [0.15, 0.2) is 0 Å². The van der Waals surface area contributed by atoms with E-state index >= 15 is 0 Å². The van der Waals surface area contributed by atoms with E-state index in [0.717, 1.165) is 18.8 Å². The summed E-state index contributed by atoms with van der Waals surface area (Å²) in [5, 5.41) is 8.50. The molecule has 0 heterocycles. The summed E-state index contributed by atoms with van der Waals surface area (Å²) in [6, 6.07) is 1.85. The predicted molar refractivity (Wildman–Crippen MR) is 65.4 cm³/mol. The number of nitrogens with zero attached hydrogens (tertiary/aromatic N) is 1. The topological polar surface area (TPSA) is 49.8 Å². The Labute approximate surface area is 94.9 Å². The molecule has 1 fully saturated rings. The Morgan fingerprint density at radius 3 is 2.40 bits per heavy atom. The summed E-state index contributed by atoms with van der Waals surface area (Å²) in [5.74, 6) is 0.930. The van der Waals surface area contributed by atoms with Gasteiger partial charge in [-0.3, -0.25) is 0 Å². The van der Waals surface area contributed by atoms with E-state index in [1.54, 1.807) is 0 Å². The van der Waals surface area contributed by atoms with Crippen molar-refractivity contribution < 1.29 is 0 Å². The lowest BCUT2D eigenvalue weighted by Crippen LogP contribution is -2.17. The van der Waals surface area contributed by atoms with Gasteiger partial charge in [-0.15, -0.1) is 0 Å². The second kappa shape index (κ2) is 9.98. The summed E-state index contributed by atoms with van der Waals surface area (Å²) in [6.07, 6.45) is 10.4. The number of nitriles is 1. The second-order valence-electron chi connectivity index (χ2n) is 4.17. The van der Waals surface area contributed by atoms with E-state index in [1.807, 2.05) is 13.8 Å². The van der Waals surface area contributed by atoms with E-state index in [9.17, 15) is 0 Å². The zero-order chi connectivity index (χ0) is 11.5. The Morgan fingerprint density at radius 2 is 1.87 bits per heavy atom. The molecule has 1 rings (SSSR count). The smallest absolute Gasteiger partial charge is 0.0928 e. The van der Waals surface area contributed by atoms with Crippen LogP contribution in [-0.2, 0) is 0 Å². The van der Waals surface area contributed by atoms with Gasteiger partial charge in [-0.1, -0.05) is 58.8 Å². The molecule has 2 nitrogen and oxygen atoms in total. The minimum absolute atomic E-state index is 0.233. The molecule has 0 aromatic rings. The maximum absolute atomic E-state index is 8.50. The normalized spacial score (nSPS) is 18.5. The number of hydrogen-bond acceptors (Lipinski definition) is 2. The molecule has 0 radical (unpaired) electrons. The largest absolute Gasteiger partial charge is 0.316 e. The van der Waals surface area contributed by atoms with E-state index in [1.165, 1.54) is 38.5 Å². The molecule has 2 N–H and O–H groups in total. The molecule has 0 spiro atoms. The maximum Gasteiger partial charge on any atom is 0.0928 e. The third-order valence-electron chi connectivity index (χ3n) is 3.02. The van der Waals surface area contributed by atoms with Crippen molar-refractivity contribution in [2.45, 2.75) is 71.3 Å². The van der Waals surface area contributed by atoms with Crippen LogP contribution >= 0.6 is 0 Å². The van der Waals surface area contributed by atoms with Gasteiger partial charge in [0.15, 0.2) is 0 Å². The van der Waals surface area contributed by atoms with Crippen LogP contribution in [0.1, 0.15) is 65.2 Å². The van der Waals surface area contributed by atoms with Crippen LogP contribution in [0.2, 0.25) is 0 Å².